The van der Waals surface area contributed by atoms with Crippen LogP contribution < -0.4 is 5.32 Å². The molecule has 0 aliphatic rings. The van der Waals surface area contributed by atoms with Gasteiger partial charge in [0.05, 0.1) is 17.9 Å². The molecule has 0 aliphatic heterocycles. The predicted molar refractivity (Wildman–Crippen MR) is 241 cm³/mol. The lowest BCUT2D eigenvalue weighted by Gasteiger charge is -2.22. The summed E-state index contributed by atoms with van der Waals surface area (Å²) < 4.78 is 32.6. The number of carbonyl (C=O) groups excluding carboxylic acids is 1. The number of hydrogen-bond donors (Lipinski definition) is 4. The third-order valence-electron chi connectivity index (χ3n) is 10.9. The molecule has 8 heteroatoms. The van der Waals surface area contributed by atoms with Gasteiger partial charge >= 0.3 is 0 Å². The van der Waals surface area contributed by atoms with Crippen LogP contribution in [0.5, 0.6) is 0 Å². The Bertz CT molecular complexity index is 1040. The number of carbonyl (C=O) groups is 1. The molecule has 0 heterocycles. The van der Waals surface area contributed by atoms with Crippen molar-refractivity contribution in [3.63, 3.8) is 0 Å². The first kappa shape index (κ1) is 54.5. The Balaban J connectivity index is 3.99. The summed E-state index contributed by atoms with van der Waals surface area (Å²) in [7, 11) is -4.46. The van der Waals surface area contributed by atoms with Gasteiger partial charge in [-0.2, -0.15) is 8.42 Å². The van der Waals surface area contributed by atoms with Crippen LogP contribution in [0.15, 0.2) is 36.5 Å². The van der Waals surface area contributed by atoms with E-state index in [-0.39, 0.29) is 6.42 Å². The fraction of sp³-hybridized carbons (Fsp3) is 0.854. The third-order valence-corrected chi connectivity index (χ3v) is 11.7. The summed E-state index contributed by atoms with van der Waals surface area (Å²) in [5.74, 6) is -1.56. The van der Waals surface area contributed by atoms with Gasteiger partial charge in [0.25, 0.3) is 10.1 Å². The number of amides is 1. The topological polar surface area (TPSA) is 124 Å². The maximum Gasteiger partial charge on any atom is 0.267 e. The molecule has 7 nitrogen and oxygen atoms in total. The lowest BCUT2D eigenvalue weighted by atomic mass is 10.0. The monoisotopic (exact) mass is 810 g/mol. The van der Waals surface area contributed by atoms with Crippen molar-refractivity contribution in [2.24, 2.45) is 0 Å². The van der Waals surface area contributed by atoms with Gasteiger partial charge in [-0.15, -0.1) is 0 Å². The second kappa shape index (κ2) is 41.7. The van der Waals surface area contributed by atoms with Gasteiger partial charge in [-0.25, -0.2) is 0 Å². The summed E-state index contributed by atoms with van der Waals surface area (Å²) in [4.78, 5) is 12.6. The van der Waals surface area contributed by atoms with Crippen LogP contribution in [-0.4, -0.2) is 53.1 Å². The SMILES string of the molecule is CCCCCCCCCCCCC/C=C\CCCCCCCCC(O)C(=O)NC(CS(=O)(=O)O)C(O)/C=C/CC/C=C/CCCCCCCCCCCCCC. The molecule has 0 saturated heterocycles. The number of nitrogens with one attached hydrogen (secondary N) is 1. The first-order valence-corrected chi connectivity index (χ1v) is 25.4. The molecule has 0 fully saturated rings. The molecule has 330 valence electrons. The van der Waals surface area contributed by atoms with E-state index in [4.69, 9.17) is 0 Å². The zero-order chi connectivity index (χ0) is 41.2. The van der Waals surface area contributed by atoms with Crippen molar-refractivity contribution in [3.05, 3.63) is 36.5 Å². The number of aliphatic hydroxyl groups is 2. The minimum Gasteiger partial charge on any atom is -0.387 e. The van der Waals surface area contributed by atoms with E-state index in [1.807, 2.05) is 0 Å². The normalized spacial score (nSPS) is 14.0. The first-order valence-electron chi connectivity index (χ1n) is 23.8. The Labute approximate surface area is 347 Å². The smallest absolute Gasteiger partial charge is 0.267 e. The van der Waals surface area contributed by atoms with Gasteiger partial charge in [-0.3, -0.25) is 9.35 Å². The molecular formula is C48H91NO6S. The van der Waals surface area contributed by atoms with Crippen LogP contribution in [-0.2, 0) is 14.9 Å². The molecule has 0 aromatic carbocycles. The van der Waals surface area contributed by atoms with Crippen LogP contribution >= 0.6 is 0 Å². The maximum absolute atomic E-state index is 12.6. The zero-order valence-corrected chi connectivity index (χ0v) is 37.4. The Morgan fingerprint density at radius 3 is 1.18 bits per heavy atom. The molecule has 3 atom stereocenters. The summed E-state index contributed by atoms with van der Waals surface area (Å²) >= 11 is 0. The van der Waals surface area contributed by atoms with Crippen molar-refractivity contribution in [1.82, 2.24) is 5.32 Å². The maximum atomic E-state index is 12.6. The third kappa shape index (κ3) is 40.7. The van der Waals surface area contributed by atoms with Crippen molar-refractivity contribution < 1.29 is 28.0 Å². The van der Waals surface area contributed by atoms with Crippen LogP contribution in [0.1, 0.15) is 239 Å². The molecule has 4 N–H and O–H groups in total. The summed E-state index contributed by atoms with van der Waals surface area (Å²) in [6.07, 6.45) is 52.1. The summed E-state index contributed by atoms with van der Waals surface area (Å²) in [5, 5.41) is 23.5. The lowest BCUT2D eigenvalue weighted by molar-refractivity contribution is -0.130. The highest BCUT2D eigenvalue weighted by Gasteiger charge is 2.27. The van der Waals surface area contributed by atoms with E-state index in [2.05, 4.69) is 43.5 Å². The van der Waals surface area contributed by atoms with Crippen LogP contribution in [0.4, 0.5) is 0 Å². The van der Waals surface area contributed by atoms with Gasteiger partial charge in [0.2, 0.25) is 5.91 Å². The van der Waals surface area contributed by atoms with Crippen molar-refractivity contribution in [1.29, 1.82) is 0 Å². The van der Waals surface area contributed by atoms with Crippen LogP contribution in [0.25, 0.3) is 0 Å². The molecule has 56 heavy (non-hydrogen) atoms. The molecule has 0 radical (unpaired) electrons. The molecule has 0 spiro atoms. The van der Waals surface area contributed by atoms with E-state index in [1.165, 1.54) is 173 Å². The van der Waals surface area contributed by atoms with Crippen molar-refractivity contribution in [3.8, 4) is 0 Å². The standard InChI is InChI=1S/C48H91NO6S/c1-3-5-7-9-11-13-15-17-19-21-23-24-25-27-29-31-33-35-37-39-41-43-47(51)48(52)49-45(44-56(53,54)55)46(50)42-40-38-36-34-32-30-28-26-22-20-18-16-14-12-10-8-6-4-2/h25,27,32,34,40,42,45-47,50-51H,3-24,26,28-31,33,35-39,41,43-44H2,1-2H3,(H,49,52)(H,53,54,55)/b27-25-,34-32+,42-40+. The van der Waals surface area contributed by atoms with Gasteiger partial charge in [-0.05, 0) is 57.8 Å². The average molecular weight is 810 g/mol. The Kier molecular flexibility index (Phi) is 40.6. The average Bonchev–Trinajstić information content (AvgIpc) is 3.17. The fourth-order valence-electron chi connectivity index (χ4n) is 7.23. The largest absolute Gasteiger partial charge is 0.387 e. The van der Waals surface area contributed by atoms with E-state index in [1.54, 1.807) is 6.08 Å². The lowest BCUT2D eigenvalue weighted by Crippen LogP contribution is -2.50. The van der Waals surface area contributed by atoms with Crippen LogP contribution in [0, 0.1) is 0 Å². The molecule has 0 rings (SSSR count). The van der Waals surface area contributed by atoms with Gasteiger partial charge in [0.15, 0.2) is 0 Å². The van der Waals surface area contributed by atoms with E-state index in [9.17, 15) is 28.0 Å². The molecule has 0 aromatic rings. The molecule has 0 bridgehead atoms. The second-order valence-electron chi connectivity index (χ2n) is 16.5. The molecule has 0 saturated carbocycles. The molecular weight excluding hydrogens is 719 g/mol. The van der Waals surface area contributed by atoms with Crippen molar-refractivity contribution in [2.75, 3.05) is 5.75 Å². The van der Waals surface area contributed by atoms with E-state index in [0.717, 1.165) is 38.5 Å². The van der Waals surface area contributed by atoms with Crippen LogP contribution in [0.3, 0.4) is 0 Å². The number of allylic oxidation sites excluding steroid dienone is 5. The molecule has 0 aliphatic carbocycles. The van der Waals surface area contributed by atoms with Crippen molar-refractivity contribution in [2.45, 2.75) is 257 Å². The number of aliphatic hydroxyl groups excluding tert-OH is 2. The summed E-state index contributed by atoms with van der Waals surface area (Å²) in [6, 6.07) is -1.25. The highest BCUT2D eigenvalue weighted by molar-refractivity contribution is 7.85. The molecule has 1 amide bonds. The summed E-state index contributed by atoms with van der Waals surface area (Å²) in [5.41, 5.74) is 0. The Hall–Kier alpha value is -1.48. The van der Waals surface area contributed by atoms with E-state index >= 15 is 0 Å². The molecule has 0 aromatic heterocycles. The van der Waals surface area contributed by atoms with E-state index < -0.39 is 40.0 Å². The van der Waals surface area contributed by atoms with Crippen molar-refractivity contribution >= 4 is 16.0 Å². The highest BCUT2D eigenvalue weighted by Crippen LogP contribution is 2.15. The van der Waals surface area contributed by atoms with E-state index in [0.29, 0.717) is 12.8 Å². The van der Waals surface area contributed by atoms with Gasteiger partial charge in [0.1, 0.15) is 6.10 Å². The zero-order valence-electron chi connectivity index (χ0n) is 36.6. The van der Waals surface area contributed by atoms with Gasteiger partial charge in [0, 0.05) is 0 Å². The summed E-state index contributed by atoms with van der Waals surface area (Å²) in [6.45, 7) is 4.53. The Morgan fingerprint density at radius 1 is 0.482 bits per heavy atom. The first-order chi connectivity index (χ1) is 27.2. The minimum absolute atomic E-state index is 0.268. The van der Waals surface area contributed by atoms with Gasteiger partial charge in [-0.1, -0.05) is 217 Å². The number of unbranched alkanes of at least 4 members (excludes halogenated alkanes) is 30. The predicted octanol–water partition coefficient (Wildman–Crippen LogP) is 13.4. The quantitative estimate of drug-likeness (QED) is 0.0276. The minimum atomic E-state index is -4.46. The van der Waals surface area contributed by atoms with Crippen LogP contribution in [0.2, 0.25) is 0 Å². The number of hydrogen-bond acceptors (Lipinski definition) is 5. The highest BCUT2D eigenvalue weighted by atomic mass is 32.2. The second-order valence-corrected chi connectivity index (χ2v) is 18.0. The fourth-order valence-corrected chi connectivity index (χ4v) is 7.97. The van der Waals surface area contributed by atoms with Gasteiger partial charge < -0.3 is 15.5 Å². The number of rotatable bonds is 43. The molecule has 3 unspecified atom stereocenters. The Morgan fingerprint density at radius 2 is 0.804 bits per heavy atom.